The molecule has 0 N–H and O–H groups in total. The van der Waals surface area contributed by atoms with Gasteiger partial charge in [0.15, 0.2) is 0 Å². The Morgan fingerprint density at radius 1 is 1.32 bits per heavy atom. The van der Waals surface area contributed by atoms with E-state index < -0.39 is 0 Å². The molecule has 2 aliphatic rings. The molecule has 0 saturated carbocycles. The fourth-order valence-electron chi connectivity index (χ4n) is 3.30. The van der Waals surface area contributed by atoms with Gasteiger partial charge in [-0.2, -0.15) is 0 Å². The maximum absolute atomic E-state index is 11.3. The highest BCUT2D eigenvalue weighted by Gasteiger charge is 2.37. The maximum Gasteiger partial charge on any atom is 0.314 e. The summed E-state index contributed by atoms with van der Waals surface area (Å²) in [6.45, 7) is 11.2. The normalized spacial score (nSPS) is 20.9. The maximum atomic E-state index is 11.3. The van der Waals surface area contributed by atoms with Gasteiger partial charge in [-0.1, -0.05) is 6.92 Å². The Bertz CT molecular complexity index is 551. The number of pyridine rings is 1. The summed E-state index contributed by atoms with van der Waals surface area (Å²) >= 11 is 0. The molecule has 0 unspecified atom stereocenters. The minimum absolute atomic E-state index is 0.150. The molecule has 7 heteroatoms. The molecule has 120 valence electrons. The predicted octanol–water partition coefficient (Wildman–Crippen LogP) is 1.12. The van der Waals surface area contributed by atoms with E-state index in [9.17, 15) is 10.1 Å². The van der Waals surface area contributed by atoms with Crippen molar-refractivity contribution >= 4 is 11.5 Å². The van der Waals surface area contributed by atoms with Gasteiger partial charge in [0.25, 0.3) is 0 Å². The Hall–Kier alpha value is -1.73. The van der Waals surface area contributed by atoms with Crippen LogP contribution in [0.2, 0.25) is 0 Å². The van der Waals surface area contributed by atoms with Gasteiger partial charge in [-0.25, -0.2) is 4.98 Å². The van der Waals surface area contributed by atoms with Crippen molar-refractivity contribution in [3.05, 3.63) is 27.9 Å². The second-order valence-electron chi connectivity index (χ2n) is 6.09. The van der Waals surface area contributed by atoms with Gasteiger partial charge in [0.05, 0.1) is 4.92 Å². The van der Waals surface area contributed by atoms with Gasteiger partial charge in [-0.3, -0.25) is 15.0 Å². The van der Waals surface area contributed by atoms with Crippen LogP contribution in [0.15, 0.2) is 12.3 Å². The van der Waals surface area contributed by atoms with E-state index >= 15 is 0 Å². The highest BCUT2D eigenvalue weighted by atomic mass is 16.6. The van der Waals surface area contributed by atoms with Crippen molar-refractivity contribution in [2.24, 2.45) is 0 Å². The van der Waals surface area contributed by atoms with Gasteiger partial charge in [0.1, 0.15) is 0 Å². The number of aryl methyl sites for hydroxylation is 1. The fraction of sp³-hybridized carbons (Fsp3) is 0.667. The van der Waals surface area contributed by atoms with Crippen molar-refractivity contribution in [2.75, 3.05) is 50.7 Å². The third-order valence-electron chi connectivity index (χ3n) is 4.82. The molecule has 3 heterocycles. The Kier molecular flexibility index (Phi) is 4.26. The number of aromatic nitrogens is 1. The molecular formula is C15H23N5O2. The van der Waals surface area contributed by atoms with Gasteiger partial charge in [0, 0.05) is 57.1 Å². The number of nitro groups is 1. The highest BCUT2D eigenvalue weighted by molar-refractivity contribution is 5.63. The van der Waals surface area contributed by atoms with E-state index in [0.29, 0.717) is 17.4 Å². The van der Waals surface area contributed by atoms with Gasteiger partial charge < -0.3 is 9.80 Å². The van der Waals surface area contributed by atoms with Crippen LogP contribution >= 0.6 is 0 Å². The average molecular weight is 305 g/mol. The minimum atomic E-state index is -0.314. The van der Waals surface area contributed by atoms with Crippen LogP contribution in [0.5, 0.6) is 0 Å². The number of likely N-dealkylation sites (N-methyl/N-ethyl adjacent to an activating group) is 1. The van der Waals surface area contributed by atoms with Crippen LogP contribution < -0.4 is 4.90 Å². The first kappa shape index (κ1) is 15.2. The molecular weight excluding hydrogens is 282 g/mol. The van der Waals surface area contributed by atoms with Crippen molar-refractivity contribution in [3.8, 4) is 0 Å². The molecule has 0 radical (unpaired) electrons. The molecule has 0 spiro atoms. The summed E-state index contributed by atoms with van der Waals surface area (Å²) in [5, 5.41) is 11.3. The smallest absolute Gasteiger partial charge is 0.314 e. The Morgan fingerprint density at radius 3 is 2.59 bits per heavy atom. The van der Waals surface area contributed by atoms with E-state index in [2.05, 4.69) is 21.7 Å². The van der Waals surface area contributed by atoms with Gasteiger partial charge >= 0.3 is 5.69 Å². The Morgan fingerprint density at radius 2 is 2.00 bits per heavy atom. The second-order valence-corrected chi connectivity index (χ2v) is 6.09. The molecule has 7 nitrogen and oxygen atoms in total. The third kappa shape index (κ3) is 2.78. The Labute approximate surface area is 130 Å². The Balaban J connectivity index is 1.62. The average Bonchev–Trinajstić information content (AvgIpc) is 2.46. The molecule has 0 aromatic carbocycles. The van der Waals surface area contributed by atoms with Crippen LogP contribution in [0.1, 0.15) is 12.5 Å². The van der Waals surface area contributed by atoms with E-state index in [0.717, 1.165) is 45.8 Å². The van der Waals surface area contributed by atoms with Crippen LogP contribution in [0.25, 0.3) is 0 Å². The highest BCUT2D eigenvalue weighted by Crippen LogP contribution is 2.32. The first-order valence-electron chi connectivity index (χ1n) is 7.91. The first-order chi connectivity index (χ1) is 10.6. The van der Waals surface area contributed by atoms with Crippen LogP contribution in [-0.4, -0.2) is 71.6 Å². The molecule has 2 saturated heterocycles. The molecule has 22 heavy (non-hydrogen) atoms. The lowest BCUT2D eigenvalue weighted by atomic mass is 10.0. The number of nitrogens with zero attached hydrogens (tertiary/aromatic N) is 5. The van der Waals surface area contributed by atoms with Crippen LogP contribution in [0.3, 0.4) is 0 Å². The summed E-state index contributed by atoms with van der Waals surface area (Å²) in [6.07, 6.45) is 1.66. The standard InChI is InChI=1S/C15H23N5O2/c1-3-17-6-8-18(9-7-17)13-10-19(11-13)15-14(20(21)22)12(2)4-5-16-15/h4-5,13H,3,6-11H2,1-2H3. The number of hydrogen-bond acceptors (Lipinski definition) is 6. The molecule has 2 fully saturated rings. The number of rotatable bonds is 4. The largest absolute Gasteiger partial charge is 0.348 e. The number of hydrogen-bond donors (Lipinski definition) is 0. The van der Waals surface area contributed by atoms with Crippen LogP contribution in [-0.2, 0) is 0 Å². The van der Waals surface area contributed by atoms with Crippen molar-refractivity contribution in [1.82, 2.24) is 14.8 Å². The first-order valence-corrected chi connectivity index (χ1v) is 7.91. The molecule has 0 bridgehead atoms. The van der Waals surface area contributed by atoms with Crippen LogP contribution in [0, 0.1) is 17.0 Å². The number of piperazine rings is 1. The SMILES string of the molecule is CCN1CCN(C2CN(c3nccc(C)c3[N+](=O)[O-])C2)CC1. The zero-order valence-electron chi connectivity index (χ0n) is 13.2. The van der Waals surface area contributed by atoms with E-state index in [4.69, 9.17) is 0 Å². The van der Waals surface area contributed by atoms with Gasteiger partial charge in [-0.15, -0.1) is 0 Å². The monoisotopic (exact) mass is 305 g/mol. The summed E-state index contributed by atoms with van der Waals surface area (Å²) in [6, 6.07) is 2.20. The molecule has 0 amide bonds. The summed E-state index contributed by atoms with van der Waals surface area (Å²) < 4.78 is 0. The van der Waals surface area contributed by atoms with Crippen LogP contribution in [0.4, 0.5) is 11.5 Å². The minimum Gasteiger partial charge on any atom is -0.348 e. The van der Waals surface area contributed by atoms with Gasteiger partial charge in [0.2, 0.25) is 5.82 Å². The lowest BCUT2D eigenvalue weighted by molar-refractivity contribution is -0.385. The van der Waals surface area contributed by atoms with E-state index in [1.807, 2.05) is 4.90 Å². The third-order valence-corrected chi connectivity index (χ3v) is 4.82. The van der Waals surface area contributed by atoms with E-state index in [1.165, 1.54) is 0 Å². The summed E-state index contributed by atoms with van der Waals surface area (Å²) in [4.78, 5) is 22.2. The predicted molar refractivity (Wildman–Crippen MR) is 85.3 cm³/mol. The molecule has 0 aliphatic carbocycles. The summed E-state index contributed by atoms with van der Waals surface area (Å²) in [7, 11) is 0. The molecule has 3 rings (SSSR count). The van der Waals surface area contributed by atoms with E-state index in [-0.39, 0.29) is 10.6 Å². The second kappa shape index (κ2) is 6.18. The lowest BCUT2D eigenvalue weighted by Crippen LogP contribution is -2.63. The zero-order valence-corrected chi connectivity index (χ0v) is 13.2. The van der Waals surface area contributed by atoms with Crippen molar-refractivity contribution < 1.29 is 4.92 Å². The van der Waals surface area contributed by atoms with Crippen molar-refractivity contribution in [3.63, 3.8) is 0 Å². The zero-order chi connectivity index (χ0) is 15.7. The summed E-state index contributed by atoms with van der Waals surface area (Å²) in [5.74, 6) is 0.522. The molecule has 0 atom stereocenters. The number of anilines is 1. The quantitative estimate of drug-likeness (QED) is 0.613. The molecule has 2 aliphatic heterocycles. The van der Waals surface area contributed by atoms with Gasteiger partial charge in [-0.05, 0) is 19.5 Å². The molecule has 1 aromatic heterocycles. The lowest BCUT2D eigenvalue weighted by Gasteiger charge is -2.48. The summed E-state index contributed by atoms with van der Waals surface area (Å²) in [5.41, 5.74) is 0.826. The van der Waals surface area contributed by atoms with E-state index in [1.54, 1.807) is 19.2 Å². The molecule has 1 aromatic rings. The van der Waals surface area contributed by atoms with Crippen molar-refractivity contribution in [2.45, 2.75) is 19.9 Å². The topological polar surface area (TPSA) is 65.8 Å². The van der Waals surface area contributed by atoms with Crippen molar-refractivity contribution in [1.29, 1.82) is 0 Å². The fourth-order valence-corrected chi connectivity index (χ4v) is 3.30.